The Balaban J connectivity index is 1.70. The van der Waals surface area contributed by atoms with Crippen LogP contribution in [0.5, 0.6) is 0 Å². The number of anilines is 1. The molecule has 2 heterocycles. The van der Waals surface area contributed by atoms with Gasteiger partial charge in [-0.2, -0.15) is 0 Å². The van der Waals surface area contributed by atoms with E-state index in [4.69, 9.17) is 5.73 Å². The lowest BCUT2D eigenvalue weighted by atomic mass is 9.96. The molecule has 3 rings (SSSR count). The average Bonchev–Trinajstić information content (AvgIpc) is 3.25. The monoisotopic (exact) mass is 303 g/mol. The lowest BCUT2D eigenvalue weighted by Gasteiger charge is -2.30. The highest BCUT2D eigenvalue weighted by molar-refractivity contribution is 5.87. The number of nitrogens with zero attached hydrogens (tertiary/aromatic N) is 4. The Kier molecular flexibility index (Phi) is 3.69. The molecule has 2 aromatic rings. The SMILES string of the molecule is CN(CC(=O)NC(C)(CN)C1CC1)c1ncnc2nc[nH]c12. The zero-order valence-corrected chi connectivity index (χ0v) is 12.8. The van der Waals surface area contributed by atoms with E-state index in [-0.39, 0.29) is 18.0 Å². The van der Waals surface area contributed by atoms with Gasteiger partial charge in [0.05, 0.1) is 18.4 Å². The third-order valence-corrected chi connectivity index (χ3v) is 4.27. The zero-order valence-electron chi connectivity index (χ0n) is 12.8. The molecule has 1 saturated carbocycles. The van der Waals surface area contributed by atoms with Crippen molar-refractivity contribution in [2.75, 3.05) is 25.0 Å². The summed E-state index contributed by atoms with van der Waals surface area (Å²) in [5.41, 5.74) is 6.83. The van der Waals surface area contributed by atoms with Gasteiger partial charge >= 0.3 is 0 Å². The summed E-state index contributed by atoms with van der Waals surface area (Å²) < 4.78 is 0. The lowest BCUT2D eigenvalue weighted by molar-refractivity contribution is -0.121. The minimum Gasteiger partial charge on any atom is -0.348 e. The number of aromatic amines is 1. The summed E-state index contributed by atoms with van der Waals surface area (Å²) in [5, 5.41) is 3.07. The van der Waals surface area contributed by atoms with Gasteiger partial charge in [-0.15, -0.1) is 0 Å². The van der Waals surface area contributed by atoms with E-state index in [1.807, 2.05) is 14.0 Å². The number of nitrogens with one attached hydrogen (secondary N) is 2. The van der Waals surface area contributed by atoms with E-state index in [1.165, 1.54) is 6.33 Å². The van der Waals surface area contributed by atoms with E-state index < -0.39 is 0 Å². The third-order valence-electron chi connectivity index (χ3n) is 4.27. The zero-order chi connectivity index (χ0) is 15.7. The fourth-order valence-electron chi connectivity index (χ4n) is 2.73. The van der Waals surface area contributed by atoms with Crippen molar-refractivity contribution in [1.29, 1.82) is 0 Å². The molecule has 8 nitrogen and oxygen atoms in total. The van der Waals surface area contributed by atoms with E-state index in [0.29, 0.717) is 23.9 Å². The molecule has 1 unspecified atom stereocenters. The van der Waals surface area contributed by atoms with Crippen LogP contribution in [0.4, 0.5) is 5.82 Å². The minimum absolute atomic E-state index is 0.0615. The number of imidazole rings is 1. The Labute approximate surface area is 128 Å². The second kappa shape index (κ2) is 5.53. The molecule has 1 fully saturated rings. The number of carbonyl (C=O) groups is 1. The number of aromatic nitrogens is 4. The lowest BCUT2D eigenvalue weighted by Crippen LogP contribution is -2.55. The van der Waals surface area contributed by atoms with Gasteiger partial charge in [-0.05, 0) is 25.7 Å². The van der Waals surface area contributed by atoms with Gasteiger partial charge in [0.25, 0.3) is 0 Å². The topological polar surface area (TPSA) is 113 Å². The summed E-state index contributed by atoms with van der Waals surface area (Å²) in [7, 11) is 1.82. The van der Waals surface area contributed by atoms with E-state index in [2.05, 4.69) is 25.3 Å². The van der Waals surface area contributed by atoms with Gasteiger partial charge in [-0.3, -0.25) is 4.79 Å². The van der Waals surface area contributed by atoms with Crippen LogP contribution in [0.2, 0.25) is 0 Å². The van der Waals surface area contributed by atoms with Crippen molar-refractivity contribution < 1.29 is 4.79 Å². The number of rotatable bonds is 6. The van der Waals surface area contributed by atoms with Crippen LogP contribution < -0.4 is 16.0 Å². The summed E-state index contributed by atoms with van der Waals surface area (Å²) in [6.07, 6.45) is 5.27. The molecule has 1 aliphatic carbocycles. The normalized spacial score (nSPS) is 17.2. The van der Waals surface area contributed by atoms with Crippen LogP contribution in [-0.4, -0.2) is 51.5 Å². The molecule has 0 aromatic carbocycles. The quantitative estimate of drug-likeness (QED) is 0.694. The summed E-state index contributed by atoms with van der Waals surface area (Å²) >= 11 is 0. The Morgan fingerprint density at radius 1 is 1.50 bits per heavy atom. The van der Waals surface area contributed by atoms with E-state index in [0.717, 1.165) is 18.4 Å². The van der Waals surface area contributed by atoms with Crippen LogP contribution in [0.25, 0.3) is 11.2 Å². The first kappa shape index (κ1) is 14.7. The number of H-pyrrole nitrogens is 1. The molecule has 2 aromatic heterocycles. The first-order valence-electron chi connectivity index (χ1n) is 7.40. The molecule has 0 radical (unpaired) electrons. The molecule has 118 valence electrons. The molecular formula is C14H21N7O. The van der Waals surface area contributed by atoms with E-state index >= 15 is 0 Å². The molecule has 1 amide bonds. The van der Waals surface area contributed by atoms with Crippen LogP contribution in [0.15, 0.2) is 12.7 Å². The van der Waals surface area contributed by atoms with Crippen LogP contribution in [-0.2, 0) is 4.79 Å². The summed E-state index contributed by atoms with van der Waals surface area (Å²) in [5.74, 6) is 1.08. The minimum atomic E-state index is -0.313. The molecule has 8 heteroatoms. The van der Waals surface area contributed by atoms with Crippen LogP contribution in [0.1, 0.15) is 19.8 Å². The van der Waals surface area contributed by atoms with Crippen molar-refractivity contribution in [2.24, 2.45) is 11.7 Å². The third kappa shape index (κ3) is 2.74. The number of nitrogens with two attached hydrogens (primary N) is 1. The molecule has 1 aliphatic rings. The molecule has 1 atom stereocenters. The van der Waals surface area contributed by atoms with Gasteiger partial charge < -0.3 is 20.9 Å². The maximum absolute atomic E-state index is 12.3. The van der Waals surface area contributed by atoms with Crippen LogP contribution in [0, 0.1) is 5.92 Å². The number of likely N-dealkylation sites (N-methyl/N-ethyl adjacent to an activating group) is 1. The summed E-state index contributed by atoms with van der Waals surface area (Å²) in [4.78, 5) is 29.5. The van der Waals surface area contributed by atoms with Gasteiger partial charge in [0.2, 0.25) is 5.91 Å². The number of hydrogen-bond donors (Lipinski definition) is 3. The first-order chi connectivity index (χ1) is 10.5. The van der Waals surface area contributed by atoms with Gasteiger partial charge in [-0.1, -0.05) is 0 Å². The largest absolute Gasteiger partial charge is 0.348 e. The molecule has 4 N–H and O–H groups in total. The fraction of sp³-hybridized carbons (Fsp3) is 0.571. The standard InChI is InChI=1S/C14H21N7O/c1-14(6-15,9-3-4-9)20-10(22)5-21(2)13-11-12(17-7-16-11)18-8-19-13/h7-9H,3-6,15H2,1-2H3,(H,20,22)(H,16,17,18,19). The van der Waals surface area contributed by atoms with Crippen molar-refractivity contribution in [3.05, 3.63) is 12.7 Å². The highest BCUT2D eigenvalue weighted by Crippen LogP contribution is 2.38. The van der Waals surface area contributed by atoms with Crippen molar-refractivity contribution in [1.82, 2.24) is 25.3 Å². The highest BCUT2D eigenvalue weighted by Gasteiger charge is 2.41. The number of amides is 1. The van der Waals surface area contributed by atoms with Gasteiger partial charge in [0.1, 0.15) is 11.8 Å². The number of fused-ring (bicyclic) bond motifs is 1. The summed E-state index contributed by atoms with van der Waals surface area (Å²) in [6, 6.07) is 0. The Hall–Kier alpha value is -2.22. The molecule has 0 bridgehead atoms. The smallest absolute Gasteiger partial charge is 0.240 e. The molecule has 22 heavy (non-hydrogen) atoms. The van der Waals surface area contributed by atoms with Crippen molar-refractivity contribution >= 4 is 22.9 Å². The number of hydrogen-bond acceptors (Lipinski definition) is 6. The maximum atomic E-state index is 12.3. The van der Waals surface area contributed by atoms with Crippen molar-refractivity contribution in [3.8, 4) is 0 Å². The highest BCUT2D eigenvalue weighted by atomic mass is 16.2. The van der Waals surface area contributed by atoms with Crippen molar-refractivity contribution in [2.45, 2.75) is 25.3 Å². The number of carbonyl (C=O) groups excluding carboxylic acids is 1. The fourth-order valence-corrected chi connectivity index (χ4v) is 2.73. The summed E-state index contributed by atoms with van der Waals surface area (Å²) in [6.45, 7) is 2.67. The van der Waals surface area contributed by atoms with Crippen LogP contribution >= 0.6 is 0 Å². The van der Waals surface area contributed by atoms with Crippen LogP contribution in [0.3, 0.4) is 0 Å². The molecule has 0 saturated heterocycles. The molecule has 0 spiro atoms. The predicted molar refractivity (Wildman–Crippen MR) is 83.3 cm³/mol. The van der Waals surface area contributed by atoms with Gasteiger partial charge in [0, 0.05) is 13.6 Å². The Morgan fingerprint density at radius 2 is 2.27 bits per heavy atom. The average molecular weight is 303 g/mol. The molecule has 0 aliphatic heterocycles. The Bertz CT molecular complexity index is 681. The maximum Gasteiger partial charge on any atom is 0.240 e. The molecular weight excluding hydrogens is 282 g/mol. The van der Waals surface area contributed by atoms with Crippen molar-refractivity contribution in [3.63, 3.8) is 0 Å². The first-order valence-corrected chi connectivity index (χ1v) is 7.40. The van der Waals surface area contributed by atoms with Gasteiger partial charge in [0.15, 0.2) is 11.5 Å². The Morgan fingerprint density at radius 3 is 2.95 bits per heavy atom. The predicted octanol–water partition coefficient (Wildman–Crippen LogP) is 0.0327. The second-order valence-corrected chi connectivity index (χ2v) is 6.10. The van der Waals surface area contributed by atoms with Gasteiger partial charge in [-0.25, -0.2) is 15.0 Å². The second-order valence-electron chi connectivity index (χ2n) is 6.10. The van der Waals surface area contributed by atoms with E-state index in [9.17, 15) is 4.79 Å². The van der Waals surface area contributed by atoms with E-state index in [1.54, 1.807) is 11.2 Å².